The minimum atomic E-state index is -0.667. The van der Waals surface area contributed by atoms with E-state index in [0.29, 0.717) is 32.2 Å². The van der Waals surface area contributed by atoms with Crippen LogP contribution in [0.1, 0.15) is 17.3 Å². The molecule has 0 fully saturated rings. The van der Waals surface area contributed by atoms with Gasteiger partial charge in [-0.1, -0.05) is 35.3 Å². The molecule has 2 heterocycles. The van der Waals surface area contributed by atoms with Gasteiger partial charge in [0.2, 0.25) is 5.43 Å². The van der Waals surface area contributed by atoms with Gasteiger partial charge in [-0.3, -0.25) is 9.78 Å². The van der Waals surface area contributed by atoms with Crippen molar-refractivity contribution >= 4 is 40.1 Å². The van der Waals surface area contributed by atoms with E-state index >= 15 is 0 Å². The number of nitrogens with zero attached hydrogens (tertiary/aromatic N) is 1. The number of halogens is 2. The Morgan fingerprint density at radius 3 is 2.83 bits per heavy atom. The smallest absolute Gasteiger partial charge is 0.343 e. The number of esters is 1. The summed E-state index contributed by atoms with van der Waals surface area (Å²) in [7, 11) is 0. The lowest BCUT2D eigenvalue weighted by molar-refractivity contribution is 0.0524. The fourth-order valence-corrected chi connectivity index (χ4v) is 2.79. The van der Waals surface area contributed by atoms with Gasteiger partial charge in [0.15, 0.2) is 0 Å². The summed E-state index contributed by atoms with van der Waals surface area (Å²) in [6.07, 6.45) is 2.81. The number of carbonyl (C=O) groups excluding carboxylic acids is 1. The van der Waals surface area contributed by atoms with Crippen molar-refractivity contribution in [1.29, 1.82) is 0 Å². The molecule has 0 bridgehead atoms. The number of aromatic amines is 1. The number of benzene rings is 1. The molecule has 3 aromatic rings. The van der Waals surface area contributed by atoms with E-state index in [4.69, 9.17) is 27.9 Å². The number of hydrogen-bond donors (Lipinski definition) is 1. The molecule has 0 aliphatic carbocycles. The number of fused-ring (bicyclic) bond motifs is 1. The molecule has 0 aliphatic heterocycles. The van der Waals surface area contributed by atoms with Crippen molar-refractivity contribution in [3.05, 3.63) is 62.5 Å². The number of pyridine rings is 2. The number of aromatic nitrogens is 2. The Labute approximate surface area is 147 Å². The van der Waals surface area contributed by atoms with Gasteiger partial charge in [0.1, 0.15) is 5.56 Å². The van der Waals surface area contributed by atoms with Crippen molar-refractivity contribution in [3.63, 3.8) is 0 Å². The first-order chi connectivity index (χ1) is 11.5. The Kier molecular flexibility index (Phi) is 4.55. The maximum Gasteiger partial charge on any atom is 0.343 e. The zero-order valence-electron chi connectivity index (χ0n) is 12.6. The maximum atomic E-state index is 12.6. The molecular weight excluding hydrogens is 351 g/mol. The molecule has 3 rings (SSSR count). The van der Waals surface area contributed by atoms with Crippen LogP contribution >= 0.6 is 23.2 Å². The first-order valence-electron chi connectivity index (χ1n) is 7.16. The lowest BCUT2D eigenvalue weighted by Gasteiger charge is -2.09. The van der Waals surface area contributed by atoms with E-state index in [-0.39, 0.29) is 12.2 Å². The third kappa shape index (κ3) is 2.77. The van der Waals surface area contributed by atoms with Crippen molar-refractivity contribution in [2.24, 2.45) is 0 Å². The highest BCUT2D eigenvalue weighted by Gasteiger charge is 2.17. The number of nitrogens with one attached hydrogen (secondary N) is 1. The second kappa shape index (κ2) is 6.63. The Morgan fingerprint density at radius 2 is 2.08 bits per heavy atom. The summed E-state index contributed by atoms with van der Waals surface area (Å²) in [5.41, 5.74) is 1.06. The van der Waals surface area contributed by atoms with Crippen LogP contribution in [-0.4, -0.2) is 22.5 Å². The second-order valence-electron chi connectivity index (χ2n) is 4.94. The summed E-state index contributed by atoms with van der Waals surface area (Å²) in [6, 6.07) is 6.71. The molecule has 122 valence electrons. The number of H-pyrrole nitrogens is 1. The van der Waals surface area contributed by atoms with Gasteiger partial charge in [0.25, 0.3) is 0 Å². The quantitative estimate of drug-likeness (QED) is 0.712. The van der Waals surface area contributed by atoms with Crippen molar-refractivity contribution in [3.8, 4) is 11.3 Å². The lowest BCUT2D eigenvalue weighted by Crippen LogP contribution is -2.18. The number of rotatable bonds is 3. The largest absolute Gasteiger partial charge is 0.462 e. The molecule has 0 radical (unpaired) electrons. The van der Waals surface area contributed by atoms with Gasteiger partial charge >= 0.3 is 5.97 Å². The number of carbonyl (C=O) groups is 1. The Morgan fingerprint density at radius 1 is 1.29 bits per heavy atom. The van der Waals surface area contributed by atoms with Gasteiger partial charge in [-0.2, -0.15) is 0 Å². The molecule has 1 aromatic carbocycles. The van der Waals surface area contributed by atoms with Gasteiger partial charge in [0, 0.05) is 18.0 Å². The molecule has 0 atom stereocenters. The summed E-state index contributed by atoms with van der Waals surface area (Å²) in [5, 5.41) is 1.05. The first-order valence-corrected chi connectivity index (χ1v) is 7.92. The molecule has 0 saturated carbocycles. The Balaban J connectivity index is 2.26. The van der Waals surface area contributed by atoms with E-state index in [1.54, 1.807) is 31.2 Å². The fourth-order valence-electron chi connectivity index (χ4n) is 2.40. The normalized spacial score (nSPS) is 10.8. The first kappa shape index (κ1) is 16.5. The van der Waals surface area contributed by atoms with Crippen LogP contribution in [0.4, 0.5) is 0 Å². The Bertz CT molecular complexity index is 999. The van der Waals surface area contributed by atoms with Gasteiger partial charge in [0.05, 0.1) is 33.2 Å². The average molecular weight is 363 g/mol. The van der Waals surface area contributed by atoms with Crippen molar-refractivity contribution < 1.29 is 9.53 Å². The molecule has 5 nitrogen and oxygen atoms in total. The minimum Gasteiger partial charge on any atom is -0.462 e. The summed E-state index contributed by atoms with van der Waals surface area (Å²) in [5.74, 6) is -0.667. The van der Waals surface area contributed by atoms with Crippen molar-refractivity contribution in [1.82, 2.24) is 9.97 Å². The zero-order valence-corrected chi connectivity index (χ0v) is 14.1. The van der Waals surface area contributed by atoms with Crippen LogP contribution in [0, 0.1) is 0 Å². The summed E-state index contributed by atoms with van der Waals surface area (Å²) >= 11 is 12.3. The van der Waals surface area contributed by atoms with E-state index in [1.165, 1.54) is 12.4 Å². The summed E-state index contributed by atoms with van der Waals surface area (Å²) in [6.45, 7) is 1.87. The number of ether oxygens (including phenoxy) is 1. The molecule has 2 aromatic heterocycles. The highest BCUT2D eigenvalue weighted by Crippen LogP contribution is 2.34. The molecule has 24 heavy (non-hydrogen) atoms. The Hall–Kier alpha value is -2.37. The third-order valence-electron chi connectivity index (χ3n) is 3.50. The van der Waals surface area contributed by atoms with Crippen molar-refractivity contribution in [2.75, 3.05) is 6.61 Å². The van der Waals surface area contributed by atoms with Gasteiger partial charge in [-0.05, 0) is 19.1 Å². The monoisotopic (exact) mass is 362 g/mol. The summed E-state index contributed by atoms with van der Waals surface area (Å²) in [4.78, 5) is 31.7. The van der Waals surface area contributed by atoms with E-state index in [9.17, 15) is 9.59 Å². The average Bonchev–Trinajstić information content (AvgIpc) is 2.58. The van der Waals surface area contributed by atoms with Crippen LogP contribution < -0.4 is 5.43 Å². The van der Waals surface area contributed by atoms with Gasteiger partial charge in [-0.25, -0.2) is 4.79 Å². The highest BCUT2D eigenvalue weighted by atomic mass is 35.5. The predicted octanol–water partition coefficient (Wildman–Crippen LogP) is 4.07. The molecular formula is C17H12Cl2N2O3. The summed E-state index contributed by atoms with van der Waals surface area (Å²) < 4.78 is 4.89. The highest BCUT2D eigenvalue weighted by molar-refractivity contribution is 6.43. The second-order valence-corrected chi connectivity index (χ2v) is 5.72. The van der Waals surface area contributed by atoms with E-state index < -0.39 is 11.4 Å². The maximum absolute atomic E-state index is 12.6. The van der Waals surface area contributed by atoms with Crippen LogP contribution in [0.5, 0.6) is 0 Å². The zero-order chi connectivity index (χ0) is 17.3. The van der Waals surface area contributed by atoms with E-state index in [0.717, 1.165) is 0 Å². The van der Waals surface area contributed by atoms with Crippen molar-refractivity contribution in [2.45, 2.75) is 6.92 Å². The van der Waals surface area contributed by atoms with Gasteiger partial charge < -0.3 is 9.72 Å². The molecule has 1 N–H and O–H groups in total. The predicted molar refractivity (Wildman–Crippen MR) is 93.8 cm³/mol. The van der Waals surface area contributed by atoms with Crippen LogP contribution in [-0.2, 0) is 4.74 Å². The van der Waals surface area contributed by atoms with Crippen LogP contribution in [0.15, 0.2) is 41.5 Å². The SMILES string of the molecule is CCOC(=O)c1c[nH]c2c(-c3cccc(Cl)c3Cl)nccc2c1=O. The fraction of sp³-hybridized carbons (Fsp3) is 0.118. The molecule has 0 unspecified atom stereocenters. The third-order valence-corrected chi connectivity index (χ3v) is 4.32. The molecule has 0 amide bonds. The molecule has 0 spiro atoms. The molecule has 0 saturated heterocycles. The van der Waals surface area contributed by atoms with E-state index in [2.05, 4.69) is 9.97 Å². The topological polar surface area (TPSA) is 72.1 Å². The van der Waals surface area contributed by atoms with Gasteiger partial charge in [-0.15, -0.1) is 0 Å². The van der Waals surface area contributed by atoms with Crippen LogP contribution in [0.3, 0.4) is 0 Å². The van der Waals surface area contributed by atoms with E-state index in [1.807, 2.05) is 0 Å². The van der Waals surface area contributed by atoms with Crippen LogP contribution in [0.2, 0.25) is 10.0 Å². The molecule has 7 heteroatoms. The van der Waals surface area contributed by atoms with Crippen LogP contribution in [0.25, 0.3) is 22.2 Å². The lowest BCUT2D eigenvalue weighted by atomic mass is 10.1. The molecule has 0 aliphatic rings. The minimum absolute atomic E-state index is 0.0568. The standard InChI is InChI=1S/C17H12Cl2N2O3/c1-2-24-17(23)11-8-21-15-10(16(11)22)6-7-20-14(15)9-4-3-5-12(18)13(9)19/h3-8H,2H2,1H3,(H,21,22). The number of hydrogen-bond acceptors (Lipinski definition) is 4.